The smallest absolute Gasteiger partial charge is 0.0498 e. The molecule has 0 aliphatic rings. The summed E-state index contributed by atoms with van der Waals surface area (Å²) in [6.07, 6.45) is 0. The lowest BCUT2D eigenvalue weighted by Crippen LogP contribution is -2.26. The van der Waals surface area contributed by atoms with E-state index in [-0.39, 0.29) is 12.0 Å². The Kier molecular flexibility index (Phi) is 3.58. The predicted molar refractivity (Wildman–Crippen MR) is 78.0 cm³/mol. The molecular formula is C16H21NO. The average Bonchev–Trinajstić information content (AvgIpc) is 2.36. The Labute approximate surface area is 109 Å². The molecule has 0 saturated carbocycles. The standard InChI is InChI=1S/C16H21NO/c1-12-4-5-14-9-15(7-6-13(14)8-12)17-10-16(2,3)11-18/h4-9,17-18H,10-11H2,1-3H3. The van der Waals surface area contributed by atoms with E-state index in [9.17, 15) is 5.11 Å². The van der Waals surface area contributed by atoms with Crippen LogP contribution in [-0.4, -0.2) is 18.3 Å². The van der Waals surface area contributed by atoms with Gasteiger partial charge in [-0.25, -0.2) is 0 Å². The molecule has 2 aromatic rings. The first-order valence-corrected chi connectivity index (χ1v) is 6.35. The molecule has 0 unspecified atom stereocenters. The highest BCUT2D eigenvalue weighted by Gasteiger charge is 2.15. The fourth-order valence-corrected chi connectivity index (χ4v) is 1.87. The minimum absolute atomic E-state index is 0.0950. The molecule has 2 nitrogen and oxygen atoms in total. The summed E-state index contributed by atoms with van der Waals surface area (Å²) in [5, 5.41) is 15.1. The maximum atomic E-state index is 9.23. The van der Waals surface area contributed by atoms with Crippen molar-refractivity contribution in [3.63, 3.8) is 0 Å². The van der Waals surface area contributed by atoms with Gasteiger partial charge in [0.2, 0.25) is 0 Å². The molecule has 2 N–H and O–H groups in total. The minimum Gasteiger partial charge on any atom is -0.396 e. The molecule has 0 fully saturated rings. The van der Waals surface area contributed by atoms with Crippen LogP contribution in [0.1, 0.15) is 19.4 Å². The number of rotatable bonds is 4. The zero-order chi connectivity index (χ0) is 13.2. The van der Waals surface area contributed by atoms with Gasteiger partial charge in [0, 0.05) is 24.3 Å². The van der Waals surface area contributed by atoms with Gasteiger partial charge >= 0.3 is 0 Å². The molecular weight excluding hydrogens is 222 g/mol. The van der Waals surface area contributed by atoms with E-state index in [4.69, 9.17) is 0 Å². The summed E-state index contributed by atoms with van der Waals surface area (Å²) in [5.41, 5.74) is 2.29. The summed E-state index contributed by atoms with van der Waals surface area (Å²) < 4.78 is 0. The van der Waals surface area contributed by atoms with Crippen molar-refractivity contribution in [2.24, 2.45) is 5.41 Å². The van der Waals surface area contributed by atoms with Crippen LogP contribution in [0.2, 0.25) is 0 Å². The molecule has 0 saturated heterocycles. The fraction of sp³-hybridized carbons (Fsp3) is 0.375. The lowest BCUT2D eigenvalue weighted by atomic mass is 9.95. The second-order valence-corrected chi connectivity index (χ2v) is 5.74. The Balaban J connectivity index is 2.18. The first-order chi connectivity index (χ1) is 8.50. The largest absolute Gasteiger partial charge is 0.396 e. The first kappa shape index (κ1) is 12.9. The van der Waals surface area contributed by atoms with Gasteiger partial charge in [-0.1, -0.05) is 43.7 Å². The van der Waals surface area contributed by atoms with Crippen molar-refractivity contribution in [3.05, 3.63) is 42.0 Å². The predicted octanol–water partition coefficient (Wildman–Crippen LogP) is 3.58. The van der Waals surface area contributed by atoms with Crippen molar-refractivity contribution in [2.45, 2.75) is 20.8 Å². The molecule has 0 aromatic heterocycles. The molecule has 96 valence electrons. The third-order valence-corrected chi connectivity index (χ3v) is 3.19. The maximum absolute atomic E-state index is 9.23. The van der Waals surface area contributed by atoms with E-state index in [1.165, 1.54) is 16.3 Å². The van der Waals surface area contributed by atoms with Crippen LogP contribution in [0.25, 0.3) is 10.8 Å². The Bertz CT molecular complexity index is 546. The molecule has 0 aliphatic carbocycles. The van der Waals surface area contributed by atoms with E-state index in [1.807, 2.05) is 13.8 Å². The molecule has 18 heavy (non-hydrogen) atoms. The number of benzene rings is 2. The summed E-state index contributed by atoms with van der Waals surface area (Å²) >= 11 is 0. The number of hydrogen-bond donors (Lipinski definition) is 2. The van der Waals surface area contributed by atoms with Crippen LogP contribution in [0.3, 0.4) is 0 Å². The molecule has 0 atom stereocenters. The number of aliphatic hydroxyl groups excluding tert-OH is 1. The number of aliphatic hydroxyl groups is 1. The molecule has 0 radical (unpaired) electrons. The van der Waals surface area contributed by atoms with Gasteiger partial charge < -0.3 is 10.4 Å². The van der Waals surface area contributed by atoms with E-state index >= 15 is 0 Å². The molecule has 0 heterocycles. The van der Waals surface area contributed by atoms with Crippen LogP contribution in [-0.2, 0) is 0 Å². The monoisotopic (exact) mass is 243 g/mol. The van der Waals surface area contributed by atoms with Gasteiger partial charge in [-0.2, -0.15) is 0 Å². The van der Waals surface area contributed by atoms with E-state index in [0.717, 1.165) is 12.2 Å². The summed E-state index contributed by atoms with van der Waals surface area (Å²) in [5.74, 6) is 0. The normalized spacial score (nSPS) is 11.8. The molecule has 0 spiro atoms. The number of anilines is 1. The molecule has 0 bridgehead atoms. The lowest BCUT2D eigenvalue weighted by Gasteiger charge is -2.22. The van der Waals surface area contributed by atoms with Gasteiger partial charge in [-0.05, 0) is 29.8 Å². The highest BCUT2D eigenvalue weighted by molar-refractivity contribution is 5.86. The molecule has 2 rings (SSSR count). The summed E-state index contributed by atoms with van der Waals surface area (Å²) in [7, 11) is 0. The van der Waals surface area contributed by atoms with Crippen LogP contribution < -0.4 is 5.32 Å². The summed E-state index contributed by atoms with van der Waals surface area (Å²) in [6.45, 7) is 7.15. The zero-order valence-corrected chi connectivity index (χ0v) is 11.3. The average molecular weight is 243 g/mol. The van der Waals surface area contributed by atoms with E-state index in [0.29, 0.717) is 0 Å². The zero-order valence-electron chi connectivity index (χ0n) is 11.3. The second kappa shape index (κ2) is 4.99. The van der Waals surface area contributed by atoms with Crippen LogP contribution in [0.5, 0.6) is 0 Å². The summed E-state index contributed by atoms with van der Waals surface area (Å²) in [4.78, 5) is 0. The molecule has 2 aromatic carbocycles. The van der Waals surface area contributed by atoms with Crippen molar-refractivity contribution >= 4 is 16.5 Å². The van der Waals surface area contributed by atoms with Gasteiger partial charge in [0.15, 0.2) is 0 Å². The fourth-order valence-electron chi connectivity index (χ4n) is 1.87. The van der Waals surface area contributed by atoms with Crippen LogP contribution in [0.15, 0.2) is 36.4 Å². The quantitative estimate of drug-likeness (QED) is 0.860. The third kappa shape index (κ3) is 3.02. The second-order valence-electron chi connectivity index (χ2n) is 5.74. The van der Waals surface area contributed by atoms with E-state index < -0.39 is 0 Å². The maximum Gasteiger partial charge on any atom is 0.0498 e. The van der Waals surface area contributed by atoms with Gasteiger partial charge in [-0.3, -0.25) is 0 Å². The SMILES string of the molecule is Cc1ccc2cc(NCC(C)(C)CO)ccc2c1. The van der Waals surface area contributed by atoms with E-state index in [1.54, 1.807) is 0 Å². The Morgan fingerprint density at radius 1 is 1.06 bits per heavy atom. The molecule has 2 heteroatoms. The number of nitrogens with one attached hydrogen (secondary N) is 1. The summed E-state index contributed by atoms with van der Waals surface area (Å²) in [6, 6.07) is 12.8. The topological polar surface area (TPSA) is 32.3 Å². The van der Waals surface area contributed by atoms with Crippen molar-refractivity contribution in [1.29, 1.82) is 0 Å². The highest BCUT2D eigenvalue weighted by atomic mass is 16.3. The van der Waals surface area contributed by atoms with Crippen molar-refractivity contribution in [2.75, 3.05) is 18.5 Å². The molecule has 0 amide bonds. The minimum atomic E-state index is -0.0950. The number of hydrogen-bond acceptors (Lipinski definition) is 2. The van der Waals surface area contributed by atoms with Gasteiger partial charge in [0.25, 0.3) is 0 Å². The van der Waals surface area contributed by atoms with Crippen LogP contribution in [0, 0.1) is 12.3 Å². The third-order valence-electron chi connectivity index (χ3n) is 3.19. The van der Waals surface area contributed by atoms with Gasteiger partial charge in [0.05, 0.1) is 0 Å². The van der Waals surface area contributed by atoms with Gasteiger partial charge in [0.1, 0.15) is 0 Å². The van der Waals surface area contributed by atoms with Crippen molar-refractivity contribution in [1.82, 2.24) is 0 Å². The lowest BCUT2D eigenvalue weighted by molar-refractivity contribution is 0.171. The first-order valence-electron chi connectivity index (χ1n) is 6.35. The Hall–Kier alpha value is -1.54. The van der Waals surface area contributed by atoms with Crippen LogP contribution in [0.4, 0.5) is 5.69 Å². The number of fused-ring (bicyclic) bond motifs is 1. The Morgan fingerprint density at radius 3 is 2.44 bits per heavy atom. The van der Waals surface area contributed by atoms with E-state index in [2.05, 4.69) is 48.6 Å². The number of aryl methyl sites for hydroxylation is 1. The van der Waals surface area contributed by atoms with Crippen molar-refractivity contribution in [3.8, 4) is 0 Å². The molecule has 0 aliphatic heterocycles. The Morgan fingerprint density at radius 2 is 1.72 bits per heavy atom. The van der Waals surface area contributed by atoms with Crippen molar-refractivity contribution < 1.29 is 5.11 Å². The van der Waals surface area contributed by atoms with Crippen LogP contribution >= 0.6 is 0 Å². The van der Waals surface area contributed by atoms with Gasteiger partial charge in [-0.15, -0.1) is 0 Å². The highest BCUT2D eigenvalue weighted by Crippen LogP contribution is 2.22.